The number of hydrogen-bond acceptors (Lipinski definition) is 6. The number of ether oxygens (including phenoxy) is 2. The number of nitrogens with zero attached hydrogens (tertiary/aromatic N) is 4. The molecule has 3 rings (SSSR count). The lowest BCUT2D eigenvalue weighted by Gasteiger charge is -2.33. The molecule has 140 valence electrons. The molecule has 0 bridgehead atoms. The van der Waals surface area contributed by atoms with Crippen LogP contribution in [0, 0.1) is 6.92 Å². The van der Waals surface area contributed by atoms with Crippen LogP contribution in [-0.2, 0) is 24.4 Å². The summed E-state index contributed by atoms with van der Waals surface area (Å²) in [6.45, 7) is 5.27. The van der Waals surface area contributed by atoms with Gasteiger partial charge in [-0.15, -0.1) is 10.2 Å². The molecule has 2 aromatic rings. The molecule has 26 heavy (non-hydrogen) atoms. The quantitative estimate of drug-likeness (QED) is 0.820. The predicted molar refractivity (Wildman–Crippen MR) is 94.6 cm³/mol. The molecule has 0 spiro atoms. The van der Waals surface area contributed by atoms with Gasteiger partial charge in [-0.25, -0.2) is 0 Å². The van der Waals surface area contributed by atoms with Crippen molar-refractivity contribution in [1.29, 1.82) is 0 Å². The topological polar surface area (TPSA) is 89.7 Å². The molecule has 0 aliphatic carbocycles. The number of carboxylic acids is 1. The fourth-order valence-electron chi connectivity index (χ4n) is 3.17. The van der Waals surface area contributed by atoms with E-state index in [1.54, 1.807) is 6.07 Å². The number of carboxylic acid groups (broad SMARTS) is 1. The van der Waals surface area contributed by atoms with Crippen molar-refractivity contribution in [2.45, 2.75) is 39.5 Å². The average Bonchev–Trinajstić information content (AvgIpc) is 2.94. The van der Waals surface area contributed by atoms with Crippen LogP contribution >= 0.6 is 11.6 Å². The van der Waals surface area contributed by atoms with Gasteiger partial charge in [0.05, 0.1) is 31.8 Å². The van der Waals surface area contributed by atoms with Gasteiger partial charge in [-0.1, -0.05) is 11.6 Å². The third-order valence-electron chi connectivity index (χ3n) is 4.40. The first-order chi connectivity index (χ1) is 12.4. The molecule has 8 nitrogen and oxygen atoms in total. The van der Waals surface area contributed by atoms with Crippen LogP contribution < -0.4 is 9.47 Å². The monoisotopic (exact) mass is 380 g/mol. The number of rotatable bonds is 6. The Kier molecular flexibility index (Phi) is 5.33. The maximum atomic E-state index is 11.8. The minimum atomic E-state index is -0.881. The Balaban J connectivity index is 1.90. The van der Waals surface area contributed by atoms with Crippen LogP contribution in [0.4, 0.5) is 0 Å². The van der Waals surface area contributed by atoms with Gasteiger partial charge in [0, 0.05) is 6.54 Å². The Morgan fingerprint density at radius 2 is 2.19 bits per heavy atom. The minimum Gasteiger partial charge on any atom is -0.491 e. The Bertz CT molecular complexity index is 823. The number of aromatic nitrogens is 3. The minimum absolute atomic E-state index is 0.311. The molecule has 1 aromatic heterocycles. The normalized spacial score (nSPS) is 17.0. The SMILES string of the molecule is CCOc1cc(CN2Cc3nnc(C)n3CC2C(=O)O)cc(Cl)c1OC. The first kappa shape index (κ1) is 18.5. The number of aryl methyl sites for hydroxylation is 1. The highest BCUT2D eigenvalue weighted by atomic mass is 35.5. The van der Waals surface area contributed by atoms with Crippen molar-refractivity contribution < 1.29 is 19.4 Å². The Hall–Kier alpha value is -2.32. The summed E-state index contributed by atoms with van der Waals surface area (Å²) >= 11 is 6.31. The van der Waals surface area contributed by atoms with E-state index in [0.717, 1.165) is 17.2 Å². The van der Waals surface area contributed by atoms with E-state index in [4.69, 9.17) is 21.1 Å². The fraction of sp³-hybridized carbons (Fsp3) is 0.471. The molecule has 1 N–H and O–H groups in total. The zero-order valence-electron chi connectivity index (χ0n) is 14.9. The van der Waals surface area contributed by atoms with E-state index in [1.165, 1.54) is 7.11 Å². The molecule has 9 heteroatoms. The van der Waals surface area contributed by atoms with Crippen LogP contribution in [-0.4, -0.2) is 50.5 Å². The van der Waals surface area contributed by atoms with Crippen molar-refractivity contribution in [3.63, 3.8) is 0 Å². The molecule has 1 unspecified atom stereocenters. The van der Waals surface area contributed by atoms with Crippen molar-refractivity contribution in [2.75, 3.05) is 13.7 Å². The second-order valence-electron chi connectivity index (χ2n) is 6.08. The number of benzene rings is 1. The summed E-state index contributed by atoms with van der Waals surface area (Å²) in [6.07, 6.45) is 0. The van der Waals surface area contributed by atoms with Crippen molar-refractivity contribution in [1.82, 2.24) is 19.7 Å². The van der Waals surface area contributed by atoms with Gasteiger partial charge in [0.2, 0.25) is 0 Å². The van der Waals surface area contributed by atoms with E-state index in [0.29, 0.717) is 42.8 Å². The third kappa shape index (κ3) is 3.47. The van der Waals surface area contributed by atoms with Gasteiger partial charge in [0.1, 0.15) is 17.7 Å². The number of carbonyl (C=O) groups is 1. The summed E-state index contributed by atoms with van der Waals surface area (Å²) in [6, 6.07) is 2.93. The third-order valence-corrected chi connectivity index (χ3v) is 4.68. The lowest BCUT2D eigenvalue weighted by atomic mass is 10.1. The highest BCUT2D eigenvalue weighted by molar-refractivity contribution is 6.32. The molecular weight excluding hydrogens is 360 g/mol. The Morgan fingerprint density at radius 1 is 1.42 bits per heavy atom. The molecule has 2 heterocycles. The van der Waals surface area contributed by atoms with E-state index < -0.39 is 12.0 Å². The van der Waals surface area contributed by atoms with E-state index in [2.05, 4.69) is 10.2 Å². The number of hydrogen-bond donors (Lipinski definition) is 1. The van der Waals surface area contributed by atoms with Crippen LogP contribution in [0.5, 0.6) is 11.5 Å². The smallest absolute Gasteiger partial charge is 0.322 e. The van der Waals surface area contributed by atoms with Crippen LogP contribution in [0.2, 0.25) is 5.02 Å². The first-order valence-electron chi connectivity index (χ1n) is 8.29. The Labute approximate surface area is 156 Å². The molecule has 0 fully saturated rings. The van der Waals surface area contributed by atoms with Gasteiger partial charge in [0.25, 0.3) is 0 Å². The highest BCUT2D eigenvalue weighted by Gasteiger charge is 2.33. The van der Waals surface area contributed by atoms with Gasteiger partial charge in [-0.2, -0.15) is 0 Å². The molecule has 1 aliphatic heterocycles. The molecule has 0 amide bonds. The molecular formula is C17H21ClN4O4. The summed E-state index contributed by atoms with van der Waals surface area (Å²) in [7, 11) is 1.53. The number of fused-ring (bicyclic) bond motifs is 1. The second kappa shape index (κ2) is 7.51. The maximum Gasteiger partial charge on any atom is 0.322 e. The molecule has 0 saturated heterocycles. The summed E-state index contributed by atoms with van der Waals surface area (Å²) in [4.78, 5) is 13.6. The summed E-state index contributed by atoms with van der Waals surface area (Å²) in [5.41, 5.74) is 0.843. The van der Waals surface area contributed by atoms with Crippen molar-refractivity contribution >= 4 is 17.6 Å². The first-order valence-corrected chi connectivity index (χ1v) is 8.67. The van der Waals surface area contributed by atoms with Gasteiger partial charge in [-0.05, 0) is 31.5 Å². The van der Waals surface area contributed by atoms with Crippen molar-refractivity contribution in [2.24, 2.45) is 0 Å². The second-order valence-corrected chi connectivity index (χ2v) is 6.48. The van der Waals surface area contributed by atoms with Crippen LogP contribution in [0.25, 0.3) is 0 Å². The van der Waals surface area contributed by atoms with E-state index in [-0.39, 0.29) is 0 Å². The lowest BCUT2D eigenvalue weighted by Crippen LogP contribution is -2.47. The van der Waals surface area contributed by atoms with Gasteiger partial charge < -0.3 is 19.1 Å². The molecule has 0 saturated carbocycles. The van der Waals surface area contributed by atoms with Crippen LogP contribution in [0.1, 0.15) is 24.1 Å². The summed E-state index contributed by atoms with van der Waals surface area (Å²) in [5.74, 6) is 1.61. The summed E-state index contributed by atoms with van der Waals surface area (Å²) in [5, 5.41) is 18.3. The van der Waals surface area contributed by atoms with Gasteiger partial charge in [-0.3, -0.25) is 9.69 Å². The highest BCUT2D eigenvalue weighted by Crippen LogP contribution is 2.37. The lowest BCUT2D eigenvalue weighted by molar-refractivity contribution is -0.145. The number of halogens is 1. The Morgan fingerprint density at radius 3 is 2.85 bits per heavy atom. The van der Waals surface area contributed by atoms with E-state index in [9.17, 15) is 9.90 Å². The van der Waals surface area contributed by atoms with E-state index >= 15 is 0 Å². The zero-order valence-corrected chi connectivity index (χ0v) is 15.7. The van der Waals surface area contributed by atoms with Crippen molar-refractivity contribution in [3.8, 4) is 11.5 Å². The predicted octanol–water partition coefficient (Wildman–Crippen LogP) is 2.12. The van der Waals surface area contributed by atoms with Gasteiger partial charge >= 0.3 is 5.97 Å². The fourth-order valence-corrected chi connectivity index (χ4v) is 3.48. The molecule has 0 radical (unpaired) electrons. The largest absolute Gasteiger partial charge is 0.491 e. The van der Waals surface area contributed by atoms with Crippen LogP contribution in [0.15, 0.2) is 12.1 Å². The van der Waals surface area contributed by atoms with E-state index in [1.807, 2.05) is 29.4 Å². The standard InChI is InChI=1S/C17H21ClN4O4/c1-4-26-14-6-11(5-12(18)16(14)25-3)7-21-9-15-20-19-10(2)22(15)8-13(21)17(23)24/h5-6,13H,4,7-9H2,1-3H3,(H,23,24). The van der Waals surface area contributed by atoms with Crippen molar-refractivity contribution in [3.05, 3.63) is 34.4 Å². The maximum absolute atomic E-state index is 11.8. The van der Waals surface area contributed by atoms with Crippen LogP contribution in [0.3, 0.4) is 0 Å². The molecule has 1 aliphatic rings. The number of aliphatic carboxylic acids is 1. The van der Waals surface area contributed by atoms with Gasteiger partial charge in [0.15, 0.2) is 11.5 Å². The zero-order chi connectivity index (χ0) is 18.8. The summed E-state index contributed by atoms with van der Waals surface area (Å²) < 4.78 is 12.7. The molecule has 1 aromatic carbocycles. The average molecular weight is 381 g/mol. The molecule has 1 atom stereocenters. The number of methoxy groups -OCH3 is 1.